The monoisotopic (exact) mass is 256 g/mol. The molecule has 0 aromatic rings. The molecule has 1 aliphatic rings. The van der Waals surface area contributed by atoms with Crippen LogP contribution < -0.4 is 5.32 Å². The van der Waals surface area contributed by atoms with Gasteiger partial charge < -0.3 is 15.3 Å². The van der Waals surface area contributed by atoms with Gasteiger partial charge in [-0.1, -0.05) is 6.92 Å². The van der Waals surface area contributed by atoms with Crippen molar-refractivity contribution in [3.8, 4) is 0 Å². The first-order valence-electron chi connectivity index (χ1n) is 6.82. The summed E-state index contributed by atoms with van der Waals surface area (Å²) in [4.78, 5) is 24.1. The van der Waals surface area contributed by atoms with Crippen molar-refractivity contribution in [1.82, 2.24) is 10.2 Å². The Kier molecular flexibility index (Phi) is 6.72. The molecular formula is C13H24N2O3. The zero-order valence-electron chi connectivity index (χ0n) is 11.2. The third-order valence-electron chi connectivity index (χ3n) is 3.31. The molecule has 1 fully saturated rings. The molecule has 2 N–H and O–H groups in total. The summed E-state index contributed by atoms with van der Waals surface area (Å²) in [6, 6.07) is 0. The fraction of sp³-hybridized carbons (Fsp3) is 0.846. The Balaban J connectivity index is 2.21. The molecule has 0 bridgehead atoms. The first-order chi connectivity index (χ1) is 8.61. The topological polar surface area (TPSA) is 69.6 Å². The maximum absolute atomic E-state index is 11.4. The number of carboxylic acids is 1. The Bertz CT molecular complexity index is 281. The highest BCUT2D eigenvalue weighted by molar-refractivity contribution is 5.75. The summed E-state index contributed by atoms with van der Waals surface area (Å²) in [5, 5.41) is 11.6. The van der Waals surface area contributed by atoms with Gasteiger partial charge in [0.25, 0.3) is 0 Å². The number of carbonyl (C=O) groups is 2. The number of aliphatic carboxylic acids is 1. The van der Waals surface area contributed by atoms with E-state index < -0.39 is 5.97 Å². The standard InChI is InChI=1S/C13H24N2O3/c1-2-4-12(16)14-9-11-5-3-7-15(10-11)8-6-13(17)18/h11H,2-10H2,1H3,(H,14,16)(H,17,18)/t11-/m1/s1. The first kappa shape index (κ1) is 15.0. The van der Waals surface area contributed by atoms with Gasteiger partial charge >= 0.3 is 5.97 Å². The molecule has 5 heteroatoms. The second kappa shape index (κ2) is 8.08. The van der Waals surface area contributed by atoms with Crippen molar-refractivity contribution in [3.63, 3.8) is 0 Å². The van der Waals surface area contributed by atoms with Crippen LogP contribution in [0.2, 0.25) is 0 Å². The predicted octanol–water partition coefficient (Wildman–Crippen LogP) is 1.09. The molecular weight excluding hydrogens is 232 g/mol. The number of hydrogen-bond donors (Lipinski definition) is 2. The number of nitrogens with zero attached hydrogens (tertiary/aromatic N) is 1. The Hall–Kier alpha value is -1.10. The maximum Gasteiger partial charge on any atom is 0.304 e. The first-order valence-corrected chi connectivity index (χ1v) is 6.82. The maximum atomic E-state index is 11.4. The summed E-state index contributed by atoms with van der Waals surface area (Å²) in [5.74, 6) is -0.151. The third kappa shape index (κ3) is 6.00. The smallest absolute Gasteiger partial charge is 0.304 e. The second-order valence-electron chi connectivity index (χ2n) is 5.01. The molecule has 0 saturated carbocycles. The van der Waals surface area contributed by atoms with Gasteiger partial charge in [-0.3, -0.25) is 9.59 Å². The van der Waals surface area contributed by atoms with Crippen molar-refractivity contribution < 1.29 is 14.7 Å². The zero-order valence-corrected chi connectivity index (χ0v) is 11.2. The van der Waals surface area contributed by atoms with Crippen LogP contribution in [0.15, 0.2) is 0 Å². The molecule has 0 unspecified atom stereocenters. The molecule has 5 nitrogen and oxygen atoms in total. The molecule has 1 saturated heterocycles. The van der Waals surface area contributed by atoms with Crippen LogP contribution in [0.5, 0.6) is 0 Å². The van der Waals surface area contributed by atoms with E-state index in [4.69, 9.17) is 5.11 Å². The summed E-state index contributed by atoms with van der Waals surface area (Å²) in [6.45, 7) is 5.22. The van der Waals surface area contributed by atoms with Gasteiger partial charge in [-0.25, -0.2) is 0 Å². The molecule has 1 heterocycles. The van der Waals surface area contributed by atoms with Crippen LogP contribution in [0.1, 0.15) is 39.0 Å². The minimum Gasteiger partial charge on any atom is -0.481 e. The van der Waals surface area contributed by atoms with E-state index in [1.54, 1.807) is 0 Å². The molecule has 0 radical (unpaired) electrons. The van der Waals surface area contributed by atoms with Crippen LogP contribution in [0.3, 0.4) is 0 Å². The molecule has 1 amide bonds. The van der Waals surface area contributed by atoms with Crippen LogP contribution in [-0.4, -0.2) is 48.1 Å². The van der Waals surface area contributed by atoms with E-state index in [2.05, 4.69) is 10.2 Å². The minimum atomic E-state index is -0.742. The highest BCUT2D eigenvalue weighted by Gasteiger charge is 2.20. The summed E-state index contributed by atoms with van der Waals surface area (Å²) < 4.78 is 0. The Morgan fingerprint density at radius 3 is 2.83 bits per heavy atom. The number of amides is 1. The molecule has 0 aliphatic carbocycles. The van der Waals surface area contributed by atoms with E-state index in [1.165, 1.54) is 0 Å². The summed E-state index contributed by atoms with van der Waals surface area (Å²) in [5.41, 5.74) is 0. The van der Waals surface area contributed by atoms with Crippen molar-refractivity contribution in [2.75, 3.05) is 26.2 Å². The Morgan fingerprint density at radius 2 is 2.17 bits per heavy atom. The predicted molar refractivity (Wildman–Crippen MR) is 69.3 cm³/mol. The number of hydrogen-bond acceptors (Lipinski definition) is 3. The van der Waals surface area contributed by atoms with Gasteiger partial charge in [-0.05, 0) is 31.7 Å². The van der Waals surface area contributed by atoms with Crippen molar-refractivity contribution in [2.24, 2.45) is 5.92 Å². The normalized spacial score (nSPS) is 20.6. The fourth-order valence-electron chi connectivity index (χ4n) is 2.35. The quantitative estimate of drug-likeness (QED) is 0.715. The van der Waals surface area contributed by atoms with Crippen LogP contribution >= 0.6 is 0 Å². The number of carbonyl (C=O) groups excluding carboxylic acids is 1. The molecule has 1 aliphatic heterocycles. The number of likely N-dealkylation sites (tertiary alicyclic amines) is 1. The van der Waals surface area contributed by atoms with Crippen molar-refractivity contribution >= 4 is 11.9 Å². The number of piperidine rings is 1. The summed E-state index contributed by atoms with van der Waals surface area (Å²) in [7, 11) is 0. The van der Waals surface area contributed by atoms with Crippen LogP contribution in [0.25, 0.3) is 0 Å². The molecule has 0 aromatic heterocycles. The average Bonchev–Trinajstić information content (AvgIpc) is 2.35. The van der Waals surface area contributed by atoms with Crippen molar-refractivity contribution in [1.29, 1.82) is 0 Å². The lowest BCUT2D eigenvalue weighted by Crippen LogP contribution is -2.41. The van der Waals surface area contributed by atoms with E-state index in [0.29, 0.717) is 18.9 Å². The molecule has 104 valence electrons. The van der Waals surface area contributed by atoms with E-state index in [-0.39, 0.29) is 12.3 Å². The summed E-state index contributed by atoms with van der Waals surface area (Å²) in [6.07, 6.45) is 3.88. The Morgan fingerprint density at radius 1 is 1.39 bits per heavy atom. The molecule has 1 rings (SSSR count). The van der Waals surface area contributed by atoms with E-state index in [1.807, 2.05) is 6.92 Å². The lowest BCUT2D eigenvalue weighted by atomic mass is 9.98. The van der Waals surface area contributed by atoms with E-state index >= 15 is 0 Å². The lowest BCUT2D eigenvalue weighted by molar-refractivity contribution is -0.137. The van der Waals surface area contributed by atoms with E-state index in [9.17, 15) is 9.59 Å². The van der Waals surface area contributed by atoms with Crippen molar-refractivity contribution in [3.05, 3.63) is 0 Å². The largest absolute Gasteiger partial charge is 0.481 e. The molecule has 1 atom stereocenters. The third-order valence-corrected chi connectivity index (χ3v) is 3.31. The average molecular weight is 256 g/mol. The van der Waals surface area contributed by atoms with Crippen molar-refractivity contribution in [2.45, 2.75) is 39.0 Å². The van der Waals surface area contributed by atoms with Gasteiger partial charge in [0.15, 0.2) is 0 Å². The van der Waals surface area contributed by atoms with Gasteiger partial charge in [-0.2, -0.15) is 0 Å². The highest BCUT2D eigenvalue weighted by Crippen LogP contribution is 2.15. The second-order valence-corrected chi connectivity index (χ2v) is 5.01. The van der Waals surface area contributed by atoms with Crippen LogP contribution in [0, 0.1) is 5.92 Å². The van der Waals surface area contributed by atoms with Gasteiger partial charge in [0.2, 0.25) is 5.91 Å². The van der Waals surface area contributed by atoms with Gasteiger partial charge in [-0.15, -0.1) is 0 Å². The molecule has 0 aromatic carbocycles. The molecule has 0 spiro atoms. The van der Waals surface area contributed by atoms with Gasteiger partial charge in [0, 0.05) is 26.1 Å². The zero-order chi connectivity index (χ0) is 13.4. The minimum absolute atomic E-state index is 0.125. The number of rotatable bonds is 7. The van der Waals surface area contributed by atoms with Gasteiger partial charge in [0.1, 0.15) is 0 Å². The summed E-state index contributed by atoms with van der Waals surface area (Å²) >= 11 is 0. The number of carboxylic acid groups (broad SMARTS) is 1. The highest BCUT2D eigenvalue weighted by atomic mass is 16.4. The van der Waals surface area contributed by atoms with Crippen LogP contribution in [-0.2, 0) is 9.59 Å². The van der Waals surface area contributed by atoms with E-state index in [0.717, 1.165) is 38.9 Å². The van der Waals surface area contributed by atoms with Gasteiger partial charge in [0.05, 0.1) is 6.42 Å². The Labute approximate surface area is 109 Å². The SMILES string of the molecule is CCCC(=O)NC[C@H]1CCCN(CCC(=O)O)C1. The van der Waals surface area contributed by atoms with Crippen LogP contribution in [0.4, 0.5) is 0 Å². The molecule has 18 heavy (non-hydrogen) atoms. The fourth-order valence-corrected chi connectivity index (χ4v) is 2.35. The number of nitrogens with one attached hydrogen (secondary N) is 1. The lowest BCUT2D eigenvalue weighted by Gasteiger charge is -2.32.